The van der Waals surface area contributed by atoms with E-state index >= 15 is 0 Å². The maximum absolute atomic E-state index is 12.3. The Bertz CT molecular complexity index is 619. The number of nitrogens with one attached hydrogen (secondary N) is 2. The maximum Gasteiger partial charge on any atom is 0.287 e. The molecule has 2 heterocycles. The highest BCUT2D eigenvalue weighted by molar-refractivity contribution is 7.10. The Morgan fingerprint density at radius 1 is 1.38 bits per heavy atom. The Hall–Kier alpha value is -2.15. The van der Waals surface area contributed by atoms with Gasteiger partial charge >= 0.3 is 0 Å². The smallest absolute Gasteiger partial charge is 0.287 e. The van der Waals surface area contributed by atoms with E-state index in [-0.39, 0.29) is 17.6 Å². The molecule has 2 amide bonds. The van der Waals surface area contributed by atoms with Gasteiger partial charge in [0.1, 0.15) is 11.0 Å². The first-order chi connectivity index (χ1) is 9.97. The molecule has 2 aromatic heterocycles. The van der Waals surface area contributed by atoms with Crippen LogP contribution in [0.1, 0.15) is 30.1 Å². The molecule has 0 aliphatic rings. The fraction of sp³-hybridized carbons (Fsp3) is 0.357. The number of rotatable bonds is 5. The quantitative estimate of drug-likeness (QED) is 0.888. The minimum Gasteiger partial charge on any atom is -0.459 e. The van der Waals surface area contributed by atoms with Gasteiger partial charge in [-0.1, -0.05) is 13.8 Å². The third-order valence-electron chi connectivity index (χ3n) is 2.86. The van der Waals surface area contributed by atoms with Crippen molar-refractivity contribution in [1.82, 2.24) is 9.69 Å². The van der Waals surface area contributed by atoms with Gasteiger partial charge in [0.2, 0.25) is 5.91 Å². The molecule has 0 radical (unpaired) electrons. The minimum absolute atomic E-state index is 0.0575. The van der Waals surface area contributed by atoms with Crippen LogP contribution in [0.25, 0.3) is 0 Å². The molecule has 2 N–H and O–H groups in total. The van der Waals surface area contributed by atoms with Gasteiger partial charge < -0.3 is 15.1 Å². The Balaban J connectivity index is 2.04. The first-order valence-electron chi connectivity index (χ1n) is 6.56. The van der Waals surface area contributed by atoms with E-state index in [2.05, 4.69) is 15.0 Å². The maximum atomic E-state index is 12.3. The predicted molar refractivity (Wildman–Crippen MR) is 80.3 cm³/mol. The zero-order chi connectivity index (χ0) is 15.4. The molecule has 1 unspecified atom stereocenters. The van der Waals surface area contributed by atoms with E-state index in [9.17, 15) is 9.59 Å². The summed E-state index contributed by atoms with van der Waals surface area (Å²) in [7, 11) is 0. The molecular formula is C14H17N3O3S. The average Bonchev–Trinajstić information content (AvgIpc) is 3.06. The van der Waals surface area contributed by atoms with E-state index in [4.69, 9.17) is 4.42 Å². The molecule has 0 aliphatic carbocycles. The SMILES string of the molecule is Cc1cc(NC(=O)C(NC(=O)c2ccco2)C(C)C)sn1. The Morgan fingerprint density at radius 2 is 2.14 bits per heavy atom. The number of aryl methyl sites for hydroxylation is 1. The van der Waals surface area contributed by atoms with Crippen molar-refractivity contribution in [2.45, 2.75) is 26.8 Å². The lowest BCUT2D eigenvalue weighted by atomic mass is 10.0. The molecule has 0 aliphatic heterocycles. The van der Waals surface area contributed by atoms with E-state index in [1.807, 2.05) is 20.8 Å². The lowest BCUT2D eigenvalue weighted by molar-refractivity contribution is -0.118. The topological polar surface area (TPSA) is 84.2 Å². The molecule has 21 heavy (non-hydrogen) atoms. The van der Waals surface area contributed by atoms with Gasteiger partial charge in [0.15, 0.2) is 5.76 Å². The summed E-state index contributed by atoms with van der Waals surface area (Å²) in [4.78, 5) is 24.3. The van der Waals surface area contributed by atoms with Gasteiger partial charge in [-0.2, -0.15) is 4.37 Å². The van der Waals surface area contributed by atoms with E-state index in [0.29, 0.717) is 5.00 Å². The number of hydrogen-bond acceptors (Lipinski definition) is 5. The fourth-order valence-electron chi connectivity index (χ4n) is 1.78. The lowest BCUT2D eigenvalue weighted by Gasteiger charge is -2.20. The molecule has 0 fully saturated rings. The normalized spacial score (nSPS) is 12.2. The molecule has 0 saturated heterocycles. The monoisotopic (exact) mass is 307 g/mol. The van der Waals surface area contributed by atoms with Crippen LogP contribution in [-0.4, -0.2) is 22.2 Å². The van der Waals surface area contributed by atoms with Gasteiger partial charge in [0, 0.05) is 0 Å². The highest BCUT2D eigenvalue weighted by Gasteiger charge is 2.26. The molecular weight excluding hydrogens is 290 g/mol. The van der Waals surface area contributed by atoms with Gasteiger partial charge in [0.05, 0.1) is 12.0 Å². The van der Waals surface area contributed by atoms with Gasteiger partial charge in [-0.15, -0.1) is 0 Å². The Morgan fingerprint density at radius 3 is 2.67 bits per heavy atom. The summed E-state index contributed by atoms with van der Waals surface area (Å²) >= 11 is 1.21. The summed E-state index contributed by atoms with van der Waals surface area (Å²) in [6, 6.07) is 4.32. The Kier molecular flexibility index (Phi) is 4.74. The van der Waals surface area contributed by atoms with Crippen LogP contribution in [0.5, 0.6) is 0 Å². The summed E-state index contributed by atoms with van der Waals surface area (Å²) in [5.41, 5.74) is 0.844. The number of amides is 2. The molecule has 2 rings (SSSR count). The molecule has 0 aromatic carbocycles. The molecule has 0 saturated carbocycles. The van der Waals surface area contributed by atoms with E-state index in [0.717, 1.165) is 5.69 Å². The second-order valence-electron chi connectivity index (χ2n) is 4.99. The van der Waals surface area contributed by atoms with Crippen molar-refractivity contribution in [3.63, 3.8) is 0 Å². The summed E-state index contributed by atoms with van der Waals surface area (Å²) in [5, 5.41) is 6.11. The van der Waals surface area contributed by atoms with Crippen LogP contribution < -0.4 is 10.6 Å². The van der Waals surface area contributed by atoms with Crippen LogP contribution in [0, 0.1) is 12.8 Å². The minimum atomic E-state index is -0.648. The molecule has 2 aromatic rings. The number of aromatic nitrogens is 1. The van der Waals surface area contributed by atoms with Crippen LogP contribution >= 0.6 is 11.5 Å². The summed E-state index contributed by atoms with van der Waals surface area (Å²) in [6.45, 7) is 5.58. The molecule has 6 nitrogen and oxygen atoms in total. The standard InChI is InChI=1S/C14H17N3O3S/c1-8(2)12(16-13(18)10-5-4-6-20-10)14(19)15-11-7-9(3)17-21-11/h4-8,12H,1-3H3,(H,15,19)(H,16,18). The Labute approximate surface area is 126 Å². The van der Waals surface area contributed by atoms with Gasteiger partial charge in [0.25, 0.3) is 5.91 Å². The van der Waals surface area contributed by atoms with Crippen LogP contribution in [0.4, 0.5) is 5.00 Å². The van der Waals surface area contributed by atoms with Crippen molar-refractivity contribution >= 4 is 28.3 Å². The van der Waals surface area contributed by atoms with Crippen molar-refractivity contribution in [2.75, 3.05) is 5.32 Å². The van der Waals surface area contributed by atoms with Crippen molar-refractivity contribution in [2.24, 2.45) is 5.92 Å². The number of hydrogen-bond donors (Lipinski definition) is 2. The fourth-order valence-corrected chi connectivity index (χ4v) is 2.44. The first-order valence-corrected chi connectivity index (χ1v) is 7.33. The highest BCUT2D eigenvalue weighted by atomic mass is 32.1. The number of anilines is 1. The van der Waals surface area contributed by atoms with Crippen molar-refractivity contribution < 1.29 is 14.0 Å². The summed E-state index contributed by atoms with van der Waals surface area (Å²) in [6.07, 6.45) is 1.42. The molecule has 0 spiro atoms. The van der Waals surface area contributed by atoms with Crippen LogP contribution in [0.2, 0.25) is 0 Å². The third-order valence-corrected chi connectivity index (χ3v) is 3.65. The zero-order valence-corrected chi connectivity index (χ0v) is 12.9. The van der Waals surface area contributed by atoms with Crippen LogP contribution in [0.3, 0.4) is 0 Å². The van der Waals surface area contributed by atoms with E-state index in [1.165, 1.54) is 17.8 Å². The molecule has 1 atom stereocenters. The number of furan rings is 1. The average molecular weight is 307 g/mol. The second kappa shape index (κ2) is 6.53. The predicted octanol–water partition coefficient (Wildman–Crippen LogP) is 2.44. The third kappa shape index (κ3) is 3.91. The zero-order valence-electron chi connectivity index (χ0n) is 12.0. The summed E-state index contributed by atoms with van der Waals surface area (Å²) in [5.74, 6) is -0.553. The second-order valence-corrected chi connectivity index (χ2v) is 5.80. The van der Waals surface area contributed by atoms with Crippen molar-refractivity contribution in [3.05, 3.63) is 35.9 Å². The number of carbonyl (C=O) groups excluding carboxylic acids is 2. The largest absolute Gasteiger partial charge is 0.459 e. The summed E-state index contributed by atoms with van der Waals surface area (Å²) < 4.78 is 9.13. The van der Waals surface area contributed by atoms with Crippen molar-refractivity contribution in [1.29, 1.82) is 0 Å². The van der Waals surface area contributed by atoms with Crippen molar-refractivity contribution in [3.8, 4) is 0 Å². The van der Waals surface area contributed by atoms with Gasteiger partial charge in [-0.05, 0) is 42.6 Å². The van der Waals surface area contributed by atoms with E-state index in [1.54, 1.807) is 18.2 Å². The van der Waals surface area contributed by atoms with Crippen LogP contribution in [-0.2, 0) is 4.79 Å². The molecule has 7 heteroatoms. The first kappa shape index (κ1) is 15.2. The highest BCUT2D eigenvalue weighted by Crippen LogP contribution is 2.17. The van der Waals surface area contributed by atoms with E-state index < -0.39 is 11.9 Å². The van der Waals surface area contributed by atoms with Gasteiger partial charge in [-0.25, -0.2) is 0 Å². The molecule has 0 bridgehead atoms. The van der Waals surface area contributed by atoms with Gasteiger partial charge in [-0.3, -0.25) is 9.59 Å². The van der Waals surface area contributed by atoms with Crippen LogP contribution in [0.15, 0.2) is 28.9 Å². The lowest BCUT2D eigenvalue weighted by Crippen LogP contribution is -2.46. The number of carbonyl (C=O) groups is 2. The number of nitrogens with zero attached hydrogens (tertiary/aromatic N) is 1. The molecule has 112 valence electrons.